The lowest BCUT2D eigenvalue weighted by molar-refractivity contribution is 0.473. The normalized spacial score (nSPS) is 10.8. The van der Waals surface area contributed by atoms with E-state index in [4.69, 9.17) is 0 Å². The van der Waals surface area contributed by atoms with Gasteiger partial charge < -0.3 is 10.4 Å². The summed E-state index contributed by atoms with van der Waals surface area (Å²) in [5.74, 6) is 0.321. The number of nitrogens with one attached hydrogen (secondary N) is 1. The van der Waals surface area contributed by atoms with Crippen LogP contribution in [0.1, 0.15) is 23.4 Å². The van der Waals surface area contributed by atoms with E-state index in [0.29, 0.717) is 5.75 Å². The molecular weight excluding hydrogens is 238 g/mol. The van der Waals surface area contributed by atoms with Crippen LogP contribution in [0.4, 0.5) is 0 Å². The minimum atomic E-state index is 0.321. The summed E-state index contributed by atoms with van der Waals surface area (Å²) in [5, 5.41) is 17.2. The maximum absolute atomic E-state index is 9.36. The third-order valence-electron chi connectivity index (χ3n) is 3.07. The molecule has 4 nitrogen and oxygen atoms in total. The Bertz CT molecular complexity index is 534. The molecule has 0 saturated carbocycles. The number of phenolic OH excluding ortho intramolecular Hbond substituents is 1. The Morgan fingerprint density at radius 2 is 2.11 bits per heavy atom. The molecule has 19 heavy (non-hydrogen) atoms. The summed E-state index contributed by atoms with van der Waals surface area (Å²) in [7, 11) is 0. The predicted octanol–water partition coefficient (Wildman–Crippen LogP) is 2.39. The molecule has 0 bridgehead atoms. The molecule has 2 rings (SSSR count). The molecular formula is C15H21N3O. The van der Waals surface area contributed by atoms with Crippen molar-refractivity contribution in [3.8, 4) is 5.75 Å². The molecule has 2 N–H and O–H groups in total. The molecule has 0 atom stereocenters. The Balaban J connectivity index is 1.69. The van der Waals surface area contributed by atoms with E-state index in [0.717, 1.165) is 37.3 Å². The van der Waals surface area contributed by atoms with E-state index in [-0.39, 0.29) is 0 Å². The van der Waals surface area contributed by atoms with Gasteiger partial charge in [-0.25, -0.2) is 0 Å². The van der Waals surface area contributed by atoms with Gasteiger partial charge in [-0.1, -0.05) is 12.1 Å². The third-order valence-corrected chi connectivity index (χ3v) is 3.07. The van der Waals surface area contributed by atoms with Crippen molar-refractivity contribution in [1.82, 2.24) is 15.1 Å². The van der Waals surface area contributed by atoms with Crippen LogP contribution in [0.2, 0.25) is 0 Å². The van der Waals surface area contributed by atoms with Crippen LogP contribution in [0, 0.1) is 13.8 Å². The summed E-state index contributed by atoms with van der Waals surface area (Å²) < 4.78 is 2.05. The first-order valence-electron chi connectivity index (χ1n) is 6.65. The second kappa shape index (κ2) is 6.38. The molecule has 0 saturated heterocycles. The smallest absolute Gasteiger partial charge is 0.115 e. The molecule has 0 amide bonds. The topological polar surface area (TPSA) is 50.1 Å². The van der Waals surface area contributed by atoms with Crippen LogP contribution < -0.4 is 5.32 Å². The number of nitrogens with zero attached hydrogens (tertiary/aromatic N) is 2. The van der Waals surface area contributed by atoms with Gasteiger partial charge in [-0.05, 0) is 50.6 Å². The fourth-order valence-electron chi connectivity index (χ4n) is 2.15. The lowest BCUT2D eigenvalue weighted by Gasteiger charge is -2.07. The Labute approximate surface area is 114 Å². The average molecular weight is 259 g/mol. The molecule has 2 aromatic rings. The Morgan fingerprint density at radius 3 is 2.79 bits per heavy atom. The van der Waals surface area contributed by atoms with Gasteiger partial charge >= 0.3 is 0 Å². The largest absolute Gasteiger partial charge is 0.508 e. The summed E-state index contributed by atoms with van der Waals surface area (Å²) in [6.07, 6.45) is 1.04. The van der Waals surface area contributed by atoms with Crippen molar-refractivity contribution in [2.75, 3.05) is 6.54 Å². The van der Waals surface area contributed by atoms with Crippen molar-refractivity contribution in [2.24, 2.45) is 0 Å². The number of hydrogen-bond donors (Lipinski definition) is 2. The van der Waals surface area contributed by atoms with Crippen molar-refractivity contribution < 1.29 is 5.11 Å². The molecule has 1 aromatic carbocycles. The average Bonchev–Trinajstić information content (AvgIpc) is 2.68. The Morgan fingerprint density at radius 1 is 1.26 bits per heavy atom. The van der Waals surface area contributed by atoms with Gasteiger partial charge in [0.25, 0.3) is 0 Å². The molecule has 1 aromatic heterocycles. The molecule has 0 fully saturated rings. The fourth-order valence-corrected chi connectivity index (χ4v) is 2.15. The van der Waals surface area contributed by atoms with Crippen molar-refractivity contribution in [3.63, 3.8) is 0 Å². The molecule has 0 aliphatic rings. The number of hydrogen-bond acceptors (Lipinski definition) is 3. The van der Waals surface area contributed by atoms with Gasteiger partial charge in [0.1, 0.15) is 5.75 Å². The molecule has 1 heterocycles. The van der Waals surface area contributed by atoms with Crippen LogP contribution in [0.5, 0.6) is 5.75 Å². The summed E-state index contributed by atoms with van der Waals surface area (Å²) >= 11 is 0. The SMILES string of the molecule is Cc1cc(C)n(CCCNCc2cccc(O)c2)n1. The van der Waals surface area contributed by atoms with Crippen LogP contribution in [-0.4, -0.2) is 21.4 Å². The maximum atomic E-state index is 9.36. The number of aromatic nitrogens is 2. The highest BCUT2D eigenvalue weighted by atomic mass is 16.3. The van der Waals surface area contributed by atoms with Gasteiger partial charge in [0, 0.05) is 18.8 Å². The third kappa shape index (κ3) is 4.10. The molecule has 102 valence electrons. The highest BCUT2D eigenvalue weighted by Gasteiger charge is 2.00. The van der Waals surface area contributed by atoms with Crippen LogP contribution in [-0.2, 0) is 13.1 Å². The summed E-state index contributed by atoms with van der Waals surface area (Å²) in [5.41, 5.74) is 3.39. The minimum Gasteiger partial charge on any atom is -0.508 e. The number of rotatable bonds is 6. The molecule has 0 unspecified atom stereocenters. The number of aryl methyl sites for hydroxylation is 3. The molecule has 0 spiro atoms. The Kier molecular flexibility index (Phi) is 4.58. The number of phenols is 1. The summed E-state index contributed by atoms with van der Waals surface area (Å²) in [6, 6.07) is 9.44. The van der Waals surface area contributed by atoms with E-state index < -0.39 is 0 Å². The zero-order valence-electron chi connectivity index (χ0n) is 11.6. The van der Waals surface area contributed by atoms with E-state index in [1.54, 1.807) is 12.1 Å². The lowest BCUT2D eigenvalue weighted by Crippen LogP contribution is -2.17. The minimum absolute atomic E-state index is 0.321. The summed E-state index contributed by atoms with van der Waals surface area (Å²) in [6.45, 7) is 6.76. The second-order valence-corrected chi connectivity index (χ2v) is 4.85. The predicted molar refractivity (Wildman–Crippen MR) is 76.1 cm³/mol. The fraction of sp³-hybridized carbons (Fsp3) is 0.400. The first-order chi connectivity index (χ1) is 9.15. The van der Waals surface area contributed by atoms with E-state index >= 15 is 0 Å². The lowest BCUT2D eigenvalue weighted by atomic mass is 10.2. The molecule has 0 aliphatic carbocycles. The van der Waals surface area contributed by atoms with Gasteiger partial charge in [0.15, 0.2) is 0 Å². The van der Waals surface area contributed by atoms with Crippen LogP contribution in [0.15, 0.2) is 30.3 Å². The van der Waals surface area contributed by atoms with Gasteiger partial charge in [-0.2, -0.15) is 5.10 Å². The van der Waals surface area contributed by atoms with E-state index in [1.165, 1.54) is 5.69 Å². The van der Waals surface area contributed by atoms with Gasteiger partial charge in [-0.3, -0.25) is 4.68 Å². The highest BCUT2D eigenvalue weighted by molar-refractivity contribution is 5.26. The zero-order valence-corrected chi connectivity index (χ0v) is 11.6. The van der Waals surface area contributed by atoms with E-state index in [2.05, 4.69) is 23.4 Å². The Hall–Kier alpha value is -1.81. The zero-order chi connectivity index (χ0) is 13.7. The van der Waals surface area contributed by atoms with Gasteiger partial charge in [-0.15, -0.1) is 0 Å². The second-order valence-electron chi connectivity index (χ2n) is 4.85. The molecule has 0 aliphatic heterocycles. The van der Waals surface area contributed by atoms with Gasteiger partial charge in [0.2, 0.25) is 0 Å². The molecule has 0 radical (unpaired) electrons. The van der Waals surface area contributed by atoms with E-state index in [1.807, 2.05) is 23.7 Å². The number of aromatic hydroxyl groups is 1. The van der Waals surface area contributed by atoms with Crippen LogP contribution >= 0.6 is 0 Å². The first-order valence-corrected chi connectivity index (χ1v) is 6.65. The van der Waals surface area contributed by atoms with Crippen molar-refractivity contribution in [1.29, 1.82) is 0 Å². The standard InChI is InChI=1S/C15H21N3O/c1-12-9-13(2)18(17-12)8-4-7-16-11-14-5-3-6-15(19)10-14/h3,5-6,9-10,16,19H,4,7-8,11H2,1-2H3. The number of benzene rings is 1. The highest BCUT2D eigenvalue weighted by Crippen LogP contribution is 2.10. The molecule has 4 heteroatoms. The van der Waals surface area contributed by atoms with Crippen molar-refractivity contribution in [2.45, 2.75) is 33.4 Å². The van der Waals surface area contributed by atoms with Crippen LogP contribution in [0.3, 0.4) is 0 Å². The van der Waals surface area contributed by atoms with Crippen molar-refractivity contribution >= 4 is 0 Å². The first kappa shape index (κ1) is 13.6. The summed E-state index contributed by atoms with van der Waals surface area (Å²) in [4.78, 5) is 0. The van der Waals surface area contributed by atoms with Crippen molar-refractivity contribution in [3.05, 3.63) is 47.3 Å². The monoisotopic (exact) mass is 259 g/mol. The van der Waals surface area contributed by atoms with Gasteiger partial charge in [0.05, 0.1) is 5.69 Å². The quantitative estimate of drug-likeness (QED) is 0.783. The van der Waals surface area contributed by atoms with E-state index in [9.17, 15) is 5.11 Å². The van der Waals surface area contributed by atoms with Crippen LogP contribution in [0.25, 0.3) is 0 Å². The maximum Gasteiger partial charge on any atom is 0.115 e.